The largest absolute Gasteiger partial charge is 0.481 e. The van der Waals surface area contributed by atoms with Crippen molar-refractivity contribution in [2.75, 3.05) is 0 Å². The highest BCUT2D eigenvalue weighted by molar-refractivity contribution is 7.19. The first-order valence-electron chi connectivity index (χ1n) is 17.9. The second kappa shape index (κ2) is 11.5. The van der Waals surface area contributed by atoms with Crippen LogP contribution in [0.3, 0.4) is 0 Å². The van der Waals surface area contributed by atoms with Crippen LogP contribution in [0.2, 0.25) is 0 Å². The van der Waals surface area contributed by atoms with Crippen LogP contribution in [0.4, 0.5) is 23.4 Å². The van der Waals surface area contributed by atoms with Crippen molar-refractivity contribution in [3.05, 3.63) is 23.5 Å². The number of ether oxygens (including phenoxy) is 2. The fraction of sp³-hybridized carbons (Fsp3) is 0.526. The average molecular weight is 765 g/mol. The lowest BCUT2D eigenvalue weighted by Crippen LogP contribution is -2.34. The lowest BCUT2D eigenvalue weighted by Gasteiger charge is -2.35. The van der Waals surface area contributed by atoms with Crippen LogP contribution >= 0.6 is 22.7 Å². The number of aromatic nitrogens is 2. The molecule has 4 saturated carbocycles. The number of ketones is 4. The van der Waals surface area contributed by atoms with Gasteiger partial charge in [0, 0.05) is 34.8 Å². The second-order valence-corrected chi connectivity index (χ2v) is 18.1. The Hall–Kier alpha value is -4.11. The minimum Gasteiger partial charge on any atom is -0.481 e. The molecule has 10 nitrogen and oxygen atoms in total. The van der Waals surface area contributed by atoms with Gasteiger partial charge in [0.25, 0.3) is 0 Å². The Balaban J connectivity index is 1.07. The van der Waals surface area contributed by atoms with Gasteiger partial charge < -0.3 is 9.47 Å². The predicted molar refractivity (Wildman–Crippen MR) is 191 cm³/mol. The third-order valence-corrected chi connectivity index (χ3v) is 13.8. The van der Waals surface area contributed by atoms with Crippen molar-refractivity contribution in [1.82, 2.24) is 9.97 Å². The van der Waals surface area contributed by atoms with Gasteiger partial charge in [-0.3, -0.25) is 19.2 Å². The van der Waals surface area contributed by atoms with Gasteiger partial charge in [0.1, 0.15) is 34.1 Å². The minimum absolute atomic E-state index is 0.0180. The van der Waals surface area contributed by atoms with E-state index in [9.17, 15) is 32.3 Å². The third-order valence-electron chi connectivity index (χ3n) is 11.8. The zero-order valence-electron chi connectivity index (χ0n) is 29.6. The first-order chi connectivity index (χ1) is 24.9. The number of thiazole rings is 2. The SMILES string of the molecule is CC1CCC2C(=Nc3nc4c(s3)-c3cc5c(cc3OC4(C)C)-c3sc(N=C4C(=O)C(=O)C6CC(C(F)(F)F)CCC46)nc3C(C)(C)O5)C(=O)C(=O)C2C1. The molecule has 53 heavy (non-hydrogen) atoms. The number of Topliss-reactive ketones (excluding diaryl/α,β-unsaturated/α-hetero) is 4. The summed E-state index contributed by atoms with van der Waals surface area (Å²) < 4.78 is 53.5. The van der Waals surface area contributed by atoms with E-state index in [1.165, 1.54) is 22.7 Å². The van der Waals surface area contributed by atoms with Crippen molar-refractivity contribution in [3.63, 3.8) is 0 Å². The van der Waals surface area contributed by atoms with Crippen LogP contribution in [0.25, 0.3) is 20.9 Å². The first-order valence-corrected chi connectivity index (χ1v) is 19.5. The maximum Gasteiger partial charge on any atom is 0.391 e. The molecule has 0 bridgehead atoms. The van der Waals surface area contributed by atoms with Gasteiger partial charge in [-0.2, -0.15) is 13.2 Å². The molecule has 276 valence electrons. The summed E-state index contributed by atoms with van der Waals surface area (Å²) in [4.78, 5) is 72.3. The molecule has 4 fully saturated rings. The summed E-state index contributed by atoms with van der Waals surface area (Å²) in [6, 6.07) is 3.75. The number of fused-ring (bicyclic) bond motifs is 8. The molecular weight excluding hydrogens is 730 g/mol. The van der Waals surface area contributed by atoms with Crippen LogP contribution in [0, 0.1) is 35.5 Å². The topological polar surface area (TPSA) is 137 Å². The number of nitrogens with zero attached hydrogens (tertiary/aromatic N) is 4. The molecule has 0 amide bonds. The highest BCUT2D eigenvalue weighted by atomic mass is 32.1. The summed E-state index contributed by atoms with van der Waals surface area (Å²) in [5.41, 5.74) is 1.14. The van der Waals surface area contributed by atoms with Crippen molar-refractivity contribution in [3.8, 4) is 32.4 Å². The highest BCUT2D eigenvalue weighted by Crippen LogP contribution is 2.57. The molecule has 9 rings (SSSR count). The Labute approximate surface area is 310 Å². The number of aliphatic imine (C=N–C) groups is 2. The van der Waals surface area contributed by atoms with Crippen molar-refractivity contribution in [1.29, 1.82) is 0 Å². The van der Waals surface area contributed by atoms with E-state index in [4.69, 9.17) is 24.4 Å². The van der Waals surface area contributed by atoms with E-state index < -0.39 is 58.9 Å². The highest BCUT2D eigenvalue weighted by Gasteiger charge is 2.55. The molecule has 0 spiro atoms. The van der Waals surface area contributed by atoms with Crippen LogP contribution in [0.5, 0.6) is 11.5 Å². The normalized spacial score (nSPS) is 31.0. The molecule has 2 aromatic heterocycles. The van der Waals surface area contributed by atoms with Gasteiger partial charge in [-0.15, -0.1) is 0 Å². The maximum absolute atomic E-state index is 13.5. The maximum atomic E-state index is 13.5. The molecule has 6 unspecified atom stereocenters. The fourth-order valence-corrected chi connectivity index (χ4v) is 11.3. The number of halogens is 3. The van der Waals surface area contributed by atoms with E-state index in [1.54, 1.807) is 0 Å². The van der Waals surface area contributed by atoms with Gasteiger partial charge in [0.05, 0.1) is 27.1 Å². The first kappa shape index (κ1) is 34.6. The summed E-state index contributed by atoms with van der Waals surface area (Å²) in [6.07, 6.45) is -2.57. The molecule has 2 aliphatic heterocycles. The van der Waals surface area contributed by atoms with Gasteiger partial charge in [0.15, 0.2) is 0 Å². The van der Waals surface area contributed by atoms with Crippen molar-refractivity contribution < 1.29 is 41.8 Å². The molecule has 6 atom stereocenters. The lowest BCUT2D eigenvalue weighted by molar-refractivity contribution is -0.187. The van der Waals surface area contributed by atoms with Gasteiger partial charge in [-0.05, 0) is 77.8 Å². The Kier molecular flexibility index (Phi) is 7.49. The van der Waals surface area contributed by atoms with E-state index in [0.717, 1.165) is 28.2 Å². The quantitative estimate of drug-likeness (QED) is 0.238. The molecule has 15 heteroatoms. The van der Waals surface area contributed by atoms with Crippen LogP contribution in [-0.4, -0.2) is 50.7 Å². The molecule has 0 N–H and O–H groups in total. The molecule has 4 aliphatic carbocycles. The third kappa shape index (κ3) is 5.30. The van der Waals surface area contributed by atoms with E-state index in [1.807, 2.05) is 39.8 Å². The van der Waals surface area contributed by atoms with Crippen LogP contribution in [-0.2, 0) is 30.4 Å². The number of rotatable bonds is 2. The van der Waals surface area contributed by atoms with Crippen LogP contribution in [0.15, 0.2) is 22.1 Å². The van der Waals surface area contributed by atoms with Crippen molar-refractivity contribution in [2.24, 2.45) is 45.5 Å². The number of carbonyl (C=O) groups is 4. The summed E-state index contributed by atoms with van der Waals surface area (Å²) >= 11 is 2.55. The summed E-state index contributed by atoms with van der Waals surface area (Å²) in [7, 11) is 0. The number of hydrogen-bond acceptors (Lipinski definition) is 12. The van der Waals surface area contributed by atoms with Gasteiger partial charge >= 0.3 is 6.18 Å². The number of hydrogen-bond donors (Lipinski definition) is 0. The van der Waals surface area contributed by atoms with E-state index in [0.29, 0.717) is 51.6 Å². The Morgan fingerprint density at radius 1 is 0.698 bits per heavy atom. The number of benzene rings is 1. The minimum atomic E-state index is -4.42. The molecular formula is C38H35F3N4O6S2. The zero-order chi connectivity index (χ0) is 37.5. The molecule has 4 heterocycles. The number of carbonyl (C=O) groups excluding carboxylic acids is 4. The Morgan fingerprint density at radius 2 is 1.15 bits per heavy atom. The van der Waals surface area contributed by atoms with Gasteiger partial charge in [-0.1, -0.05) is 36.0 Å². The fourth-order valence-electron chi connectivity index (χ4n) is 9.11. The van der Waals surface area contributed by atoms with E-state index >= 15 is 0 Å². The summed E-state index contributed by atoms with van der Waals surface area (Å²) in [5, 5.41) is 0.604. The molecule has 1 aromatic carbocycles. The second-order valence-electron chi connectivity index (χ2n) is 16.2. The summed E-state index contributed by atoms with van der Waals surface area (Å²) in [6.45, 7) is 9.62. The average Bonchev–Trinajstić information content (AvgIpc) is 3.83. The molecule has 6 aliphatic rings. The van der Waals surface area contributed by atoms with Gasteiger partial charge in [0.2, 0.25) is 33.4 Å². The zero-order valence-corrected chi connectivity index (χ0v) is 31.2. The summed E-state index contributed by atoms with van der Waals surface area (Å²) in [5.74, 6) is -4.81. The predicted octanol–water partition coefficient (Wildman–Crippen LogP) is 8.28. The number of alkyl halides is 3. The van der Waals surface area contributed by atoms with Crippen molar-refractivity contribution >= 4 is 67.5 Å². The van der Waals surface area contributed by atoms with Crippen LogP contribution in [0.1, 0.15) is 84.5 Å². The Morgan fingerprint density at radius 3 is 1.62 bits per heavy atom. The smallest absolute Gasteiger partial charge is 0.391 e. The Bertz CT molecular complexity index is 2250. The monoisotopic (exact) mass is 764 g/mol. The molecule has 3 aromatic rings. The standard InChI is InChI=1S/C38H35F3N4O6S2/c1-14-6-8-16-18(10-14)26(46)28(48)24(16)42-34-44-32-30(52-34)20-12-23-21(13-22(20)50-36(32,2)3)31-33(37(4,5)51-23)45-35(53-31)43-25-17-9-7-15(38(39,40)41)11-19(17)27(47)29(25)49/h12-19H,6-11H2,1-5H3. The van der Waals surface area contributed by atoms with Crippen LogP contribution < -0.4 is 9.47 Å². The lowest BCUT2D eigenvalue weighted by atomic mass is 9.75. The van der Waals surface area contributed by atoms with Gasteiger partial charge in [-0.25, -0.2) is 20.0 Å². The molecule has 0 saturated heterocycles. The van der Waals surface area contributed by atoms with E-state index in [2.05, 4.69) is 11.9 Å². The van der Waals surface area contributed by atoms with E-state index in [-0.39, 0.29) is 41.3 Å². The molecule has 0 radical (unpaired) electrons. The van der Waals surface area contributed by atoms with Crippen molar-refractivity contribution in [2.45, 2.75) is 90.5 Å².